The van der Waals surface area contributed by atoms with Gasteiger partial charge in [-0.3, -0.25) is 5.32 Å². The summed E-state index contributed by atoms with van der Waals surface area (Å²) in [4.78, 5) is 13.9. The molecule has 0 saturated carbocycles. The molecule has 4 heterocycles. The lowest BCUT2D eigenvalue weighted by Gasteiger charge is -2.45. The molecule has 63 heavy (non-hydrogen) atoms. The maximum absolute atomic E-state index is 5.75. The molecule has 1 aromatic heterocycles. The van der Waals surface area contributed by atoms with Crippen LogP contribution < -0.4 is 15.5 Å². The van der Waals surface area contributed by atoms with Crippen molar-refractivity contribution < 1.29 is 0 Å². The first kappa shape index (κ1) is 36.9. The standard InChI is InChI=1S/C57H50N6/c1-57(2)45-28-10-14-32-50(45)63(56-59-48-30-12-8-25-43(48)54(61-56)41-27-16-20-36-18-4-6-22-38(36)41)52-34-51-44(33-46(52)57)39-23-9-13-31-49(39)62(51)55-58-47-29-11-7-24-42(47)53(60-55)40-26-15-19-35-17-3-5-21-37(35)40/h4-6,8-16,18,20-23,25-35,42,53,55-56,59-60H,3,7,17,19,24H2,1-2H3. The van der Waals surface area contributed by atoms with Gasteiger partial charge >= 0.3 is 0 Å². The van der Waals surface area contributed by atoms with Gasteiger partial charge in [0.1, 0.15) is 0 Å². The van der Waals surface area contributed by atoms with Crippen molar-refractivity contribution >= 4 is 61.1 Å². The first-order valence-corrected chi connectivity index (χ1v) is 23.0. The highest BCUT2D eigenvalue weighted by molar-refractivity contribution is 6.22. The van der Waals surface area contributed by atoms with Crippen LogP contribution in [0.5, 0.6) is 0 Å². The number of rotatable bonds is 4. The Morgan fingerprint density at radius 3 is 2.32 bits per heavy atom. The Morgan fingerprint density at radius 1 is 0.603 bits per heavy atom. The normalized spacial score (nSPS) is 24.3. The van der Waals surface area contributed by atoms with Gasteiger partial charge in [-0.1, -0.05) is 141 Å². The quantitative estimate of drug-likeness (QED) is 0.186. The maximum Gasteiger partial charge on any atom is 0.201 e. The highest BCUT2D eigenvalue weighted by Gasteiger charge is 2.42. The predicted molar refractivity (Wildman–Crippen MR) is 261 cm³/mol. The van der Waals surface area contributed by atoms with Gasteiger partial charge in [0.05, 0.1) is 22.4 Å². The van der Waals surface area contributed by atoms with Gasteiger partial charge in [-0.25, -0.2) is 9.98 Å². The molecule has 0 spiro atoms. The van der Waals surface area contributed by atoms with Crippen LogP contribution in [0.2, 0.25) is 0 Å². The fourth-order valence-electron chi connectivity index (χ4n) is 11.9. The van der Waals surface area contributed by atoms with Crippen LogP contribution in [-0.4, -0.2) is 28.3 Å². The van der Waals surface area contributed by atoms with E-state index in [1.54, 1.807) is 0 Å². The molecular weight excluding hydrogens is 769 g/mol. The van der Waals surface area contributed by atoms with Gasteiger partial charge in [0, 0.05) is 56.4 Å². The smallest absolute Gasteiger partial charge is 0.201 e. The van der Waals surface area contributed by atoms with Crippen molar-refractivity contribution in [2.75, 3.05) is 10.2 Å². The van der Waals surface area contributed by atoms with Gasteiger partial charge in [0.25, 0.3) is 0 Å². The number of allylic oxidation sites excluding steroid dienone is 6. The average Bonchev–Trinajstić information content (AvgIpc) is 3.66. The number of nitrogens with one attached hydrogen (secondary N) is 2. The molecule has 5 unspecified atom stereocenters. The van der Waals surface area contributed by atoms with Crippen LogP contribution in [0.1, 0.15) is 74.5 Å². The number of fused-ring (bicyclic) bond motifs is 9. The second-order valence-corrected chi connectivity index (χ2v) is 18.7. The number of nitrogens with zero attached hydrogens (tertiary/aromatic N) is 4. The number of anilines is 3. The summed E-state index contributed by atoms with van der Waals surface area (Å²) >= 11 is 0. The summed E-state index contributed by atoms with van der Waals surface area (Å²) in [6, 6.07) is 46.9. The Balaban J connectivity index is 1.03. The molecule has 3 aliphatic carbocycles. The van der Waals surface area contributed by atoms with Gasteiger partial charge in [0.2, 0.25) is 6.29 Å². The molecule has 7 aromatic rings. The molecule has 6 aliphatic rings. The molecule has 0 saturated heterocycles. The van der Waals surface area contributed by atoms with Crippen molar-refractivity contribution in [1.29, 1.82) is 0 Å². The van der Waals surface area contributed by atoms with Gasteiger partial charge in [-0.15, -0.1) is 0 Å². The van der Waals surface area contributed by atoms with E-state index in [4.69, 9.17) is 9.98 Å². The van der Waals surface area contributed by atoms with E-state index in [9.17, 15) is 0 Å². The minimum Gasteiger partial charge on any atom is -0.346 e. The Morgan fingerprint density at radius 2 is 1.37 bits per heavy atom. The lowest BCUT2D eigenvalue weighted by Crippen LogP contribution is -2.49. The van der Waals surface area contributed by atoms with Crippen LogP contribution in [0.4, 0.5) is 17.1 Å². The van der Waals surface area contributed by atoms with Crippen LogP contribution in [0.15, 0.2) is 185 Å². The van der Waals surface area contributed by atoms with E-state index in [-0.39, 0.29) is 17.7 Å². The molecule has 2 N–H and O–H groups in total. The Bertz CT molecular complexity index is 3240. The third-order valence-electron chi connectivity index (χ3n) is 15.0. The van der Waals surface area contributed by atoms with E-state index < -0.39 is 6.29 Å². The van der Waals surface area contributed by atoms with Crippen LogP contribution in [0.25, 0.3) is 32.6 Å². The topological polar surface area (TPSA) is 57.0 Å². The van der Waals surface area contributed by atoms with Crippen LogP contribution in [0, 0.1) is 11.8 Å². The third kappa shape index (κ3) is 5.60. The second-order valence-electron chi connectivity index (χ2n) is 18.7. The van der Waals surface area contributed by atoms with Gasteiger partial charge < -0.3 is 14.8 Å². The molecule has 0 amide bonds. The number of para-hydroxylation sites is 3. The van der Waals surface area contributed by atoms with E-state index in [1.165, 1.54) is 61.5 Å². The van der Waals surface area contributed by atoms with E-state index in [0.29, 0.717) is 11.8 Å². The zero-order valence-electron chi connectivity index (χ0n) is 35.8. The minimum absolute atomic E-state index is 0.161. The summed E-state index contributed by atoms with van der Waals surface area (Å²) in [5.41, 5.74) is 15.4. The largest absolute Gasteiger partial charge is 0.346 e. The SMILES string of the molecule is CC1(C)c2ccccc2N(C2N=C(c3cccc4ccccc34)c3ccccc3N2)c2cc3c(cc21)c1ccccc1n3C1N=C2C=CCCC2C(C2=C3C=CCCC3CC=C2)N1. The summed E-state index contributed by atoms with van der Waals surface area (Å²) in [7, 11) is 0. The fraction of sp³-hybridized carbons (Fsp3) is 0.228. The maximum atomic E-state index is 5.75. The summed E-state index contributed by atoms with van der Waals surface area (Å²) in [6.07, 6.45) is 19.3. The monoisotopic (exact) mass is 818 g/mol. The Labute approximate surface area is 368 Å². The molecule has 0 radical (unpaired) electrons. The van der Waals surface area contributed by atoms with E-state index in [2.05, 4.69) is 198 Å². The van der Waals surface area contributed by atoms with E-state index in [0.717, 1.165) is 65.1 Å². The van der Waals surface area contributed by atoms with Gasteiger partial charge in [-0.05, 0) is 107 Å². The zero-order valence-corrected chi connectivity index (χ0v) is 35.8. The van der Waals surface area contributed by atoms with Gasteiger partial charge in [0.15, 0.2) is 6.29 Å². The lowest BCUT2D eigenvalue weighted by atomic mass is 9.73. The molecule has 6 nitrogen and oxygen atoms in total. The first-order valence-electron chi connectivity index (χ1n) is 23.0. The molecule has 13 rings (SSSR count). The zero-order chi connectivity index (χ0) is 41.8. The first-order chi connectivity index (χ1) is 31.0. The summed E-state index contributed by atoms with van der Waals surface area (Å²) in [5, 5.41) is 13.1. The van der Waals surface area contributed by atoms with Crippen molar-refractivity contribution in [3.8, 4) is 0 Å². The number of aromatic nitrogens is 1. The molecule has 5 atom stereocenters. The molecule has 6 heteroatoms. The fourth-order valence-corrected chi connectivity index (χ4v) is 11.9. The van der Waals surface area contributed by atoms with E-state index in [1.807, 2.05) is 0 Å². The van der Waals surface area contributed by atoms with Crippen molar-refractivity contribution in [3.05, 3.63) is 197 Å². The number of aliphatic imine (C=N–C) groups is 2. The number of benzene rings is 6. The minimum atomic E-state index is -0.422. The lowest BCUT2D eigenvalue weighted by molar-refractivity contribution is 0.324. The molecular formula is C57H50N6. The van der Waals surface area contributed by atoms with E-state index >= 15 is 0 Å². The Kier molecular flexibility index (Phi) is 8.27. The average molecular weight is 819 g/mol. The molecule has 308 valence electrons. The molecule has 6 aromatic carbocycles. The molecule has 0 bridgehead atoms. The van der Waals surface area contributed by atoms with Crippen molar-refractivity contribution in [2.45, 2.75) is 70.0 Å². The number of hydrogen-bond acceptors (Lipinski definition) is 5. The summed E-state index contributed by atoms with van der Waals surface area (Å²) in [6.45, 7) is 4.77. The predicted octanol–water partition coefficient (Wildman–Crippen LogP) is 13.0. The summed E-state index contributed by atoms with van der Waals surface area (Å²) < 4.78 is 2.50. The van der Waals surface area contributed by atoms with Crippen molar-refractivity contribution in [3.63, 3.8) is 0 Å². The van der Waals surface area contributed by atoms with Crippen LogP contribution in [0.3, 0.4) is 0 Å². The highest BCUT2D eigenvalue weighted by atomic mass is 15.4. The molecule has 0 fully saturated rings. The highest BCUT2D eigenvalue weighted by Crippen LogP contribution is 2.53. The Hall–Kier alpha value is -6.76. The molecule has 3 aliphatic heterocycles. The van der Waals surface area contributed by atoms with Crippen molar-refractivity contribution in [2.24, 2.45) is 21.8 Å². The summed E-state index contributed by atoms with van der Waals surface area (Å²) in [5.74, 6) is 0.924. The second kappa shape index (κ2) is 14.1. The van der Waals surface area contributed by atoms with Gasteiger partial charge in [-0.2, -0.15) is 0 Å². The third-order valence-corrected chi connectivity index (χ3v) is 15.0. The van der Waals surface area contributed by atoms with Crippen LogP contribution in [-0.2, 0) is 5.41 Å². The van der Waals surface area contributed by atoms with Crippen LogP contribution >= 0.6 is 0 Å². The van der Waals surface area contributed by atoms with Crippen molar-refractivity contribution in [1.82, 2.24) is 9.88 Å². The number of hydrogen-bond donors (Lipinski definition) is 2.